The number of guanidine groups is 1. The van der Waals surface area contributed by atoms with Crippen LogP contribution in [0.2, 0.25) is 0 Å². The molecule has 0 amide bonds. The molecule has 150 valence electrons. The minimum Gasteiger partial charge on any atom is -0.475 e. The molecule has 1 aliphatic heterocycles. The summed E-state index contributed by atoms with van der Waals surface area (Å²) in [6, 6.07) is 5.75. The highest BCUT2D eigenvalue weighted by Crippen LogP contribution is 2.12. The Kier molecular flexibility index (Phi) is 7.00. The molecular formula is C20H29N7O. The smallest absolute Gasteiger partial charge is 0.225 e. The van der Waals surface area contributed by atoms with Gasteiger partial charge in [-0.2, -0.15) is 0 Å². The number of nitrogens with one attached hydrogen (secondary N) is 1. The minimum absolute atomic E-state index is 0.122. The second-order valence-corrected chi connectivity index (χ2v) is 6.86. The Morgan fingerprint density at radius 1 is 1.14 bits per heavy atom. The van der Waals surface area contributed by atoms with Crippen molar-refractivity contribution in [1.82, 2.24) is 25.2 Å². The molecule has 3 rings (SSSR count). The molecule has 0 atom stereocenters. The van der Waals surface area contributed by atoms with Gasteiger partial charge >= 0.3 is 0 Å². The van der Waals surface area contributed by atoms with Crippen molar-refractivity contribution >= 4 is 11.9 Å². The molecule has 28 heavy (non-hydrogen) atoms. The lowest BCUT2D eigenvalue weighted by molar-refractivity contribution is 0.232. The third-order valence-corrected chi connectivity index (χ3v) is 4.31. The fraction of sp³-hybridized carbons (Fsp3) is 0.500. The predicted octanol–water partition coefficient (Wildman–Crippen LogP) is 1.95. The van der Waals surface area contributed by atoms with Crippen molar-refractivity contribution in [2.75, 3.05) is 37.6 Å². The van der Waals surface area contributed by atoms with E-state index in [0.717, 1.165) is 50.2 Å². The summed E-state index contributed by atoms with van der Waals surface area (Å²) >= 11 is 0. The summed E-state index contributed by atoms with van der Waals surface area (Å²) in [7, 11) is 0. The molecule has 1 aliphatic rings. The number of pyridine rings is 1. The maximum absolute atomic E-state index is 5.59. The number of hydrogen-bond donors (Lipinski definition) is 1. The van der Waals surface area contributed by atoms with E-state index in [4.69, 9.17) is 9.73 Å². The third-order valence-electron chi connectivity index (χ3n) is 4.31. The zero-order chi connectivity index (χ0) is 19.8. The zero-order valence-electron chi connectivity index (χ0n) is 16.9. The molecule has 0 aliphatic carbocycles. The van der Waals surface area contributed by atoms with Gasteiger partial charge in [-0.05, 0) is 32.4 Å². The molecular weight excluding hydrogens is 354 g/mol. The molecule has 3 heterocycles. The van der Waals surface area contributed by atoms with Crippen LogP contribution in [0.15, 0.2) is 41.8 Å². The lowest BCUT2D eigenvalue weighted by Gasteiger charge is -2.36. The second-order valence-electron chi connectivity index (χ2n) is 6.86. The molecule has 2 aromatic rings. The minimum atomic E-state index is 0.122. The van der Waals surface area contributed by atoms with E-state index in [1.807, 2.05) is 38.2 Å². The predicted molar refractivity (Wildman–Crippen MR) is 111 cm³/mol. The summed E-state index contributed by atoms with van der Waals surface area (Å²) in [6.45, 7) is 11.0. The fourth-order valence-corrected chi connectivity index (χ4v) is 2.98. The number of hydrogen-bond acceptors (Lipinski definition) is 6. The average Bonchev–Trinajstić information content (AvgIpc) is 2.73. The highest BCUT2D eigenvalue weighted by Gasteiger charge is 2.21. The Hall–Kier alpha value is -2.90. The van der Waals surface area contributed by atoms with Gasteiger partial charge < -0.3 is 19.9 Å². The molecule has 1 N–H and O–H groups in total. The molecule has 8 nitrogen and oxygen atoms in total. The van der Waals surface area contributed by atoms with Gasteiger partial charge in [0.25, 0.3) is 0 Å². The summed E-state index contributed by atoms with van der Waals surface area (Å²) in [5.74, 6) is 2.37. The Labute approximate surface area is 166 Å². The number of aromatic nitrogens is 3. The number of aliphatic imine (C=N–C) groups is 1. The summed E-state index contributed by atoms with van der Waals surface area (Å²) in [5, 5.41) is 3.40. The first-order valence-corrected chi connectivity index (χ1v) is 9.82. The van der Waals surface area contributed by atoms with E-state index >= 15 is 0 Å². The van der Waals surface area contributed by atoms with Crippen LogP contribution in [0.25, 0.3) is 0 Å². The van der Waals surface area contributed by atoms with Crippen molar-refractivity contribution in [1.29, 1.82) is 0 Å². The largest absolute Gasteiger partial charge is 0.475 e. The fourth-order valence-electron chi connectivity index (χ4n) is 2.98. The van der Waals surface area contributed by atoms with Crippen molar-refractivity contribution in [3.8, 4) is 5.88 Å². The quantitative estimate of drug-likeness (QED) is 0.603. The molecule has 1 saturated heterocycles. The van der Waals surface area contributed by atoms with E-state index in [-0.39, 0.29) is 6.10 Å². The molecule has 0 spiro atoms. The molecule has 2 aromatic heterocycles. The number of anilines is 1. The van der Waals surface area contributed by atoms with Crippen LogP contribution in [0, 0.1) is 0 Å². The van der Waals surface area contributed by atoms with Crippen LogP contribution in [-0.4, -0.2) is 64.6 Å². The number of nitrogens with zero attached hydrogens (tertiary/aromatic N) is 6. The lowest BCUT2D eigenvalue weighted by atomic mass is 10.3. The van der Waals surface area contributed by atoms with Crippen LogP contribution in [0.3, 0.4) is 0 Å². The first-order chi connectivity index (χ1) is 13.7. The lowest BCUT2D eigenvalue weighted by Crippen LogP contribution is -2.52. The highest BCUT2D eigenvalue weighted by atomic mass is 16.5. The van der Waals surface area contributed by atoms with Crippen molar-refractivity contribution in [2.45, 2.75) is 33.4 Å². The van der Waals surface area contributed by atoms with Gasteiger partial charge in [-0.3, -0.25) is 0 Å². The van der Waals surface area contributed by atoms with Crippen LogP contribution < -0.4 is 15.0 Å². The van der Waals surface area contributed by atoms with Gasteiger partial charge in [0.1, 0.15) is 0 Å². The Morgan fingerprint density at radius 3 is 2.50 bits per heavy atom. The van der Waals surface area contributed by atoms with E-state index in [1.54, 1.807) is 12.4 Å². The third kappa shape index (κ3) is 5.55. The van der Waals surface area contributed by atoms with Crippen molar-refractivity contribution in [3.05, 3.63) is 42.4 Å². The SMILES string of the molecule is CCNC(=NCc1ccc(OC(C)C)nc1)N1CCN(c2ncccn2)CC1. The summed E-state index contributed by atoms with van der Waals surface area (Å²) in [4.78, 5) is 22.3. The first kappa shape index (κ1) is 19.9. The topological polar surface area (TPSA) is 78.8 Å². The van der Waals surface area contributed by atoms with Crippen LogP contribution in [0.1, 0.15) is 26.3 Å². The standard InChI is InChI=1S/C20H29N7O/c1-4-21-19(25-15-17-6-7-18(24-14-17)28-16(2)3)26-10-12-27(13-11-26)20-22-8-5-9-23-20/h5-9,14,16H,4,10-13,15H2,1-3H3,(H,21,25). The maximum Gasteiger partial charge on any atom is 0.225 e. The van der Waals surface area contributed by atoms with Crippen molar-refractivity contribution in [3.63, 3.8) is 0 Å². The molecule has 0 aromatic carbocycles. The van der Waals surface area contributed by atoms with Crippen LogP contribution in [-0.2, 0) is 6.54 Å². The summed E-state index contributed by atoms with van der Waals surface area (Å²) in [5.41, 5.74) is 1.06. The summed E-state index contributed by atoms with van der Waals surface area (Å²) in [6.07, 6.45) is 5.52. The van der Waals surface area contributed by atoms with Crippen molar-refractivity contribution < 1.29 is 4.74 Å². The van der Waals surface area contributed by atoms with E-state index in [0.29, 0.717) is 12.4 Å². The molecule has 8 heteroatoms. The van der Waals surface area contributed by atoms with Gasteiger partial charge in [0, 0.05) is 57.4 Å². The normalized spacial score (nSPS) is 15.1. The highest BCUT2D eigenvalue weighted by molar-refractivity contribution is 5.80. The van der Waals surface area contributed by atoms with Crippen LogP contribution >= 0.6 is 0 Å². The van der Waals surface area contributed by atoms with Gasteiger partial charge in [0.15, 0.2) is 5.96 Å². The Balaban J connectivity index is 1.58. The van der Waals surface area contributed by atoms with E-state index in [1.165, 1.54) is 0 Å². The zero-order valence-corrected chi connectivity index (χ0v) is 16.9. The number of rotatable bonds is 6. The van der Waals surface area contributed by atoms with E-state index in [9.17, 15) is 0 Å². The monoisotopic (exact) mass is 383 g/mol. The van der Waals surface area contributed by atoms with E-state index < -0.39 is 0 Å². The summed E-state index contributed by atoms with van der Waals surface area (Å²) < 4.78 is 5.59. The van der Waals surface area contributed by atoms with Gasteiger partial charge in [0.05, 0.1) is 12.6 Å². The van der Waals surface area contributed by atoms with E-state index in [2.05, 4.69) is 37.0 Å². The molecule has 1 fully saturated rings. The van der Waals surface area contributed by atoms with Crippen LogP contribution in [0.4, 0.5) is 5.95 Å². The molecule has 0 unspecified atom stereocenters. The Morgan fingerprint density at radius 2 is 1.89 bits per heavy atom. The van der Waals surface area contributed by atoms with Gasteiger partial charge in [0.2, 0.25) is 11.8 Å². The first-order valence-electron chi connectivity index (χ1n) is 9.82. The Bertz CT molecular complexity index is 741. The number of ether oxygens (including phenoxy) is 1. The number of piperazine rings is 1. The maximum atomic E-state index is 5.59. The van der Waals surface area contributed by atoms with Crippen LogP contribution in [0.5, 0.6) is 5.88 Å². The van der Waals surface area contributed by atoms with Crippen molar-refractivity contribution in [2.24, 2.45) is 4.99 Å². The molecule has 0 saturated carbocycles. The van der Waals surface area contributed by atoms with Gasteiger partial charge in [-0.15, -0.1) is 0 Å². The average molecular weight is 384 g/mol. The molecule has 0 radical (unpaired) electrons. The van der Waals surface area contributed by atoms with Gasteiger partial charge in [-0.25, -0.2) is 19.9 Å². The second kappa shape index (κ2) is 9.87. The van der Waals surface area contributed by atoms with Gasteiger partial charge in [-0.1, -0.05) is 6.07 Å². The molecule has 0 bridgehead atoms.